The lowest BCUT2D eigenvalue weighted by atomic mass is 10.1. The topological polar surface area (TPSA) is 113 Å². The Hall–Kier alpha value is -3.72. The van der Waals surface area contributed by atoms with Crippen LogP contribution in [-0.4, -0.2) is 61.7 Å². The summed E-state index contributed by atoms with van der Waals surface area (Å²) in [6, 6.07) is 11.3. The Labute approximate surface area is 188 Å². The molecular weight excluding hydrogens is 406 g/mol. The van der Waals surface area contributed by atoms with Gasteiger partial charge in [0.1, 0.15) is 23.7 Å². The second-order valence-corrected chi connectivity index (χ2v) is 7.03. The van der Waals surface area contributed by atoms with E-state index >= 15 is 0 Å². The molecular formula is C23H29N7O2. The van der Waals surface area contributed by atoms with E-state index in [4.69, 9.17) is 4.74 Å². The van der Waals surface area contributed by atoms with E-state index in [1.165, 1.54) is 6.33 Å². The van der Waals surface area contributed by atoms with Gasteiger partial charge in [-0.3, -0.25) is 4.79 Å². The van der Waals surface area contributed by atoms with E-state index in [2.05, 4.69) is 36.2 Å². The number of rotatable bonds is 11. The van der Waals surface area contributed by atoms with E-state index in [-0.39, 0.29) is 5.91 Å². The molecule has 0 saturated carbocycles. The van der Waals surface area contributed by atoms with Gasteiger partial charge in [-0.15, -0.1) is 0 Å². The summed E-state index contributed by atoms with van der Waals surface area (Å²) < 4.78 is 5.45. The molecule has 2 heterocycles. The van der Waals surface area contributed by atoms with Gasteiger partial charge in [0.2, 0.25) is 0 Å². The Kier molecular flexibility index (Phi) is 8.33. The van der Waals surface area contributed by atoms with Crippen LogP contribution in [0.2, 0.25) is 0 Å². The van der Waals surface area contributed by atoms with Gasteiger partial charge >= 0.3 is 0 Å². The van der Waals surface area contributed by atoms with Crippen molar-refractivity contribution in [2.24, 2.45) is 0 Å². The fourth-order valence-corrected chi connectivity index (χ4v) is 3.14. The first kappa shape index (κ1) is 23.0. The van der Waals surface area contributed by atoms with Gasteiger partial charge < -0.3 is 26.0 Å². The molecule has 3 aromatic rings. The molecule has 0 aliphatic carbocycles. The molecule has 0 atom stereocenters. The maximum absolute atomic E-state index is 11.8. The molecule has 0 spiro atoms. The van der Waals surface area contributed by atoms with E-state index in [0.29, 0.717) is 24.3 Å². The van der Waals surface area contributed by atoms with Gasteiger partial charge in [-0.1, -0.05) is 6.07 Å². The summed E-state index contributed by atoms with van der Waals surface area (Å²) in [4.78, 5) is 24.9. The zero-order valence-electron chi connectivity index (χ0n) is 18.6. The number of nitrogens with zero attached hydrogens (tertiary/aromatic N) is 3. The van der Waals surface area contributed by atoms with Gasteiger partial charge in [0.15, 0.2) is 0 Å². The summed E-state index contributed by atoms with van der Waals surface area (Å²) in [6.07, 6.45) is 4.05. The van der Waals surface area contributed by atoms with Crippen molar-refractivity contribution < 1.29 is 9.53 Å². The highest BCUT2D eigenvalue weighted by atomic mass is 16.5. The minimum Gasteiger partial charge on any atom is -0.496 e. The molecule has 0 aliphatic heterocycles. The number of carbonyl (C=O) groups excluding carboxylic acids is 1. The second kappa shape index (κ2) is 11.6. The van der Waals surface area contributed by atoms with Crippen molar-refractivity contribution in [1.82, 2.24) is 25.6 Å². The molecule has 32 heavy (non-hydrogen) atoms. The van der Waals surface area contributed by atoms with Crippen molar-refractivity contribution in [3.8, 4) is 17.0 Å². The number of likely N-dealkylation sites (N-methyl/N-ethyl adjacent to an activating group) is 1. The SMILES string of the molecule is CNCCNc1ccc(-c2cc(NCCc3ccc(C(=O)NC)cc3OC)ncn2)cn1. The summed E-state index contributed by atoms with van der Waals surface area (Å²) in [6.45, 7) is 2.33. The number of amides is 1. The molecule has 9 nitrogen and oxygen atoms in total. The summed E-state index contributed by atoms with van der Waals surface area (Å²) >= 11 is 0. The molecule has 9 heteroatoms. The highest BCUT2D eigenvalue weighted by Crippen LogP contribution is 2.22. The van der Waals surface area contributed by atoms with Crippen LogP contribution in [0.15, 0.2) is 48.9 Å². The van der Waals surface area contributed by atoms with Gasteiger partial charge in [-0.05, 0) is 43.3 Å². The number of pyridine rings is 1. The van der Waals surface area contributed by atoms with Gasteiger partial charge in [0.25, 0.3) is 5.91 Å². The van der Waals surface area contributed by atoms with Crippen molar-refractivity contribution in [2.45, 2.75) is 6.42 Å². The minimum absolute atomic E-state index is 0.141. The zero-order chi connectivity index (χ0) is 22.8. The highest BCUT2D eigenvalue weighted by Gasteiger charge is 2.09. The number of aromatic nitrogens is 3. The Balaban J connectivity index is 1.60. The lowest BCUT2D eigenvalue weighted by molar-refractivity contribution is 0.0962. The summed E-state index contributed by atoms with van der Waals surface area (Å²) in [5.74, 6) is 2.10. The third-order valence-electron chi connectivity index (χ3n) is 4.88. The minimum atomic E-state index is -0.141. The molecule has 0 radical (unpaired) electrons. The van der Waals surface area contributed by atoms with Crippen molar-refractivity contribution in [1.29, 1.82) is 0 Å². The standard InChI is InChI=1S/C23H29N7O2/c1-24-10-11-27-21-7-6-18(14-28-21)19-13-22(30-15-29-19)26-9-8-16-4-5-17(23(31)25-2)12-20(16)32-3/h4-7,12-15,24H,8-11H2,1-3H3,(H,25,31)(H,27,28)(H,26,29,30). The van der Waals surface area contributed by atoms with Crippen LogP contribution >= 0.6 is 0 Å². The van der Waals surface area contributed by atoms with Crippen molar-refractivity contribution in [3.63, 3.8) is 0 Å². The number of anilines is 2. The molecule has 1 aromatic carbocycles. The third-order valence-corrected chi connectivity index (χ3v) is 4.88. The normalized spacial score (nSPS) is 10.5. The van der Waals surface area contributed by atoms with Gasteiger partial charge in [-0.25, -0.2) is 15.0 Å². The lowest BCUT2D eigenvalue weighted by Gasteiger charge is -2.12. The summed E-state index contributed by atoms with van der Waals surface area (Å²) in [7, 11) is 5.12. The molecule has 0 bridgehead atoms. The Morgan fingerprint density at radius 2 is 1.78 bits per heavy atom. The largest absolute Gasteiger partial charge is 0.496 e. The number of ether oxygens (including phenoxy) is 1. The summed E-state index contributed by atoms with van der Waals surface area (Å²) in [5, 5.41) is 12.3. The molecule has 4 N–H and O–H groups in total. The average molecular weight is 436 g/mol. The Morgan fingerprint density at radius 1 is 0.938 bits per heavy atom. The molecule has 2 aromatic heterocycles. The monoisotopic (exact) mass is 435 g/mol. The van der Waals surface area contributed by atoms with Crippen LogP contribution in [0.5, 0.6) is 5.75 Å². The number of benzene rings is 1. The molecule has 1 amide bonds. The Bertz CT molecular complexity index is 1030. The predicted molar refractivity (Wildman–Crippen MR) is 126 cm³/mol. The number of nitrogens with one attached hydrogen (secondary N) is 4. The van der Waals surface area contributed by atoms with Gasteiger partial charge in [-0.2, -0.15) is 0 Å². The first-order valence-electron chi connectivity index (χ1n) is 10.4. The number of hydrogen-bond acceptors (Lipinski definition) is 8. The Morgan fingerprint density at radius 3 is 2.50 bits per heavy atom. The van der Waals surface area contributed by atoms with Crippen LogP contribution < -0.4 is 26.0 Å². The molecule has 0 unspecified atom stereocenters. The van der Waals surface area contributed by atoms with E-state index < -0.39 is 0 Å². The van der Waals surface area contributed by atoms with Crippen LogP contribution in [0.1, 0.15) is 15.9 Å². The van der Waals surface area contributed by atoms with Gasteiger partial charge in [0, 0.05) is 50.1 Å². The lowest BCUT2D eigenvalue weighted by Crippen LogP contribution is -2.18. The fourth-order valence-electron chi connectivity index (χ4n) is 3.14. The molecule has 0 aliphatic rings. The quantitative estimate of drug-likeness (QED) is 0.339. The first-order valence-corrected chi connectivity index (χ1v) is 10.4. The van der Waals surface area contributed by atoms with Crippen molar-refractivity contribution in [3.05, 3.63) is 60.0 Å². The number of methoxy groups -OCH3 is 1. The highest BCUT2D eigenvalue weighted by molar-refractivity contribution is 5.94. The molecule has 0 fully saturated rings. The van der Waals surface area contributed by atoms with Crippen LogP contribution in [0.4, 0.5) is 11.6 Å². The maximum Gasteiger partial charge on any atom is 0.251 e. The molecule has 3 rings (SSSR count). The van der Waals surface area contributed by atoms with Crippen molar-refractivity contribution in [2.75, 3.05) is 51.5 Å². The van der Waals surface area contributed by atoms with E-state index in [9.17, 15) is 4.79 Å². The smallest absolute Gasteiger partial charge is 0.251 e. The van der Waals surface area contributed by atoms with E-state index in [0.717, 1.165) is 41.5 Å². The molecule has 0 saturated heterocycles. The number of hydrogen-bond donors (Lipinski definition) is 4. The number of carbonyl (C=O) groups is 1. The van der Waals surface area contributed by atoms with Crippen LogP contribution in [0.25, 0.3) is 11.3 Å². The average Bonchev–Trinajstić information content (AvgIpc) is 2.84. The predicted octanol–water partition coefficient (Wildman–Crippen LogP) is 2.19. The fraction of sp³-hybridized carbons (Fsp3) is 0.304. The zero-order valence-corrected chi connectivity index (χ0v) is 18.6. The van der Waals surface area contributed by atoms with E-state index in [1.807, 2.05) is 31.3 Å². The van der Waals surface area contributed by atoms with E-state index in [1.54, 1.807) is 32.5 Å². The first-order chi connectivity index (χ1) is 15.6. The molecule has 168 valence electrons. The van der Waals surface area contributed by atoms with Gasteiger partial charge in [0.05, 0.1) is 12.8 Å². The maximum atomic E-state index is 11.8. The van der Waals surface area contributed by atoms with Crippen LogP contribution in [-0.2, 0) is 6.42 Å². The van der Waals surface area contributed by atoms with Crippen molar-refractivity contribution >= 4 is 17.5 Å². The van der Waals surface area contributed by atoms with Crippen LogP contribution in [0.3, 0.4) is 0 Å². The second-order valence-electron chi connectivity index (χ2n) is 7.03. The van der Waals surface area contributed by atoms with Crippen LogP contribution in [0, 0.1) is 0 Å². The third kappa shape index (κ3) is 6.14. The summed E-state index contributed by atoms with van der Waals surface area (Å²) in [5.41, 5.74) is 3.29.